The van der Waals surface area contributed by atoms with Gasteiger partial charge in [-0.05, 0) is 0 Å². The van der Waals surface area contributed by atoms with E-state index < -0.39 is 11.9 Å². The second-order valence-corrected chi connectivity index (χ2v) is 5.74. The van der Waals surface area contributed by atoms with Gasteiger partial charge in [-0.2, -0.15) is 25.3 Å². The Morgan fingerprint density at radius 1 is 1.00 bits per heavy atom. The molecule has 0 bridgehead atoms. The quantitative estimate of drug-likeness (QED) is 0.329. The molecule has 0 aromatic rings. The van der Waals surface area contributed by atoms with Crippen molar-refractivity contribution < 1.29 is 19.1 Å². The molecule has 4 nitrogen and oxygen atoms in total. The molecule has 0 amide bonds. The monoisotopic (exact) mass is 360 g/mol. The van der Waals surface area contributed by atoms with Gasteiger partial charge in [-0.3, -0.25) is 9.59 Å². The van der Waals surface area contributed by atoms with Crippen LogP contribution < -0.4 is 0 Å². The third-order valence-corrected chi connectivity index (χ3v) is 1.38. The van der Waals surface area contributed by atoms with Crippen LogP contribution >= 0.6 is 25.3 Å². The minimum atomic E-state index is -0.430. The van der Waals surface area contributed by atoms with Gasteiger partial charge in [-0.1, -0.05) is 0 Å². The van der Waals surface area contributed by atoms with Crippen LogP contribution in [0.1, 0.15) is 0 Å². The molecule has 86 valence electrons. The number of thiol groups is 2. The molecule has 0 saturated heterocycles. The molecule has 0 unspecified atom stereocenters. The molecule has 0 aliphatic heterocycles. The van der Waals surface area contributed by atoms with E-state index in [9.17, 15) is 9.59 Å². The van der Waals surface area contributed by atoms with Crippen molar-refractivity contribution in [3.63, 3.8) is 0 Å². The Hall–Kier alpha value is 0.439. The molecule has 0 N–H and O–H groups in total. The van der Waals surface area contributed by atoms with E-state index in [2.05, 4.69) is 44.6 Å². The van der Waals surface area contributed by atoms with Crippen LogP contribution in [0, 0.1) is 0 Å². The van der Waals surface area contributed by atoms with Crippen molar-refractivity contribution >= 4 is 58.3 Å². The van der Waals surface area contributed by atoms with Gasteiger partial charge in [0.15, 0.2) is 0 Å². The Labute approximate surface area is 112 Å². The number of carbonyl (C=O) groups excluding carboxylic acids is 2. The number of ether oxygens (including phenoxy) is 2. The normalized spacial score (nSPS) is 8.00. The van der Waals surface area contributed by atoms with Crippen molar-refractivity contribution in [3.05, 3.63) is 0 Å². The average molecular weight is 359 g/mol. The molecular weight excluding hydrogens is 343 g/mol. The molecule has 0 spiro atoms. The van der Waals surface area contributed by atoms with Gasteiger partial charge in [0.05, 0.1) is 11.5 Å². The summed E-state index contributed by atoms with van der Waals surface area (Å²) in [6, 6.07) is 0. The van der Waals surface area contributed by atoms with Crippen molar-refractivity contribution in [1.82, 2.24) is 0 Å². The van der Waals surface area contributed by atoms with Crippen molar-refractivity contribution in [3.8, 4) is 0 Å². The second kappa shape index (κ2) is 14.4. The molecule has 0 aromatic carbocycles. The fraction of sp³-hybridized carbons (Fsp3) is 0.750. The third kappa shape index (κ3) is 17.1. The summed E-state index contributed by atoms with van der Waals surface area (Å²) in [6.07, 6.45) is 0. The Morgan fingerprint density at radius 3 is 1.47 bits per heavy atom. The molecule has 0 heterocycles. The van der Waals surface area contributed by atoms with Crippen LogP contribution in [0.5, 0.6) is 0 Å². The summed E-state index contributed by atoms with van der Waals surface area (Å²) >= 11 is 7.59. The zero-order chi connectivity index (χ0) is 12.1. The van der Waals surface area contributed by atoms with Gasteiger partial charge in [0.1, 0.15) is 13.2 Å². The molecule has 15 heavy (non-hydrogen) atoms. The summed E-state index contributed by atoms with van der Waals surface area (Å²) < 4.78 is 9.14. The van der Waals surface area contributed by atoms with Gasteiger partial charge >= 0.3 is 43.0 Å². The fourth-order valence-electron chi connectivity index (χ4n) is 0.402. The van der Waals surface area contributed by atoms with E-state index in [4.69, 9.17) is 0 Å². The molecule has 0 atom stereocenters. The maximum atomic E-state index is 10.5. The summed E-state index contributed by atoms with van der Waals surface area (Å²) in [6.45, 7) is 0.137. The van der Waals surface area contributed by atoms with E-state index in [1.54, 1.807) is 0 Å². The first-order chi connectivity index (χ1) is 7.12. The Balaban J connectivity index is 0. The molecule has 0 fully saturated rings. The van der Waals surface area contributed by atoms with E-state index in [-0.39, 0.29) is 45.9 Å². The standard InChI is InChI=1S/C6H10O4S2.2CH3.Sn/c7-5(3-11)9-1-2-10-6(8)4-12;;;/h11-12H,1-4H2;2*1H3;/q;;;+2. The van der Waals surface area contributed by atoms with Gasteiger partial charge in [0, 0.05) is 0 Å². The van der Waals surface area contributed by atoms with Crippen LogP contribution in [-0.2, 0) is 19.1 Å². The average Bonchev–Trinajstić information content (AvgIpc) is 2.24. The Morgan fingerprint density at radius 2 is 1.27 bits per heavy atom. The predicted molar refractivity (Wildman–Crippen MR) is 67.1 cm³/mol. The van der Waals surface area contributed by atoms with Crippen LogP contribution in [-0.4, -0.2) is 57.8 Å². The zero-order valence-corrected chi connectivity index (χ0v) is 13.5. The fourth-order valence-corrected chi connectivity index (χ4v) is 0.585. The molecule has 0 saturated carbocycles. The van der Waals surface area contributed by atoms with Crippen molar-refractivity contribution in [1.29, 1.82) is 0 Å². The SMILES string of the molecule is O=C(CS)OCCOC(=O)CS.[CH3][Sn+2][CH3]. The van der Waals surface area contributed by atoms with Crippen LogP contribution in [0.25, 0.3) is 0 Å². The summed E-state index contributed by atoms with van der Waals surface area (Å²) in [5.41, 5.74) is 0. The summed E-state index contributed by atoms with van der Waals surface area (Å²) in [4.78, 5) is 25.5. The Bertz CT molecular complexity index is 160. The van der Waals surface area contributed by atoms with Crippen LogP contribution in [0.3, 0.4) is 0 Å². The van der Waals surface area contributed by atoms with E-state index >= 15 is 0 Å². The summed E-state index contributed by atoms with van der Waals surface area (Å²) in [5.74, 6) is -0.804. The van der Waals surface area contributed by atoms with Crippen molar-refractivity contribution in [2.24, 2.45) is 0 Å². The molecule has 0 aliphatic rings. The van der Waals surface area contributed by atoms with E-state index in [1.165, 1.54) is 0 Å². The number of hydrogen-bond acceptors (Lipinski definition) is 6. The van der Waals surface area contributed by atoms with Gasteiger partial charge in [-0.25, -0.2) is 0 Å². The van der Waals surface area contributed by atoms with E-state index in [0.717, 1.165) is 0 Å². The van der Waals surface area contributed by atoms with Crippen molar-refractivity contribution in [2.75, 3.05) is 24.7 Å². The molecule has 0 rings (SSSR count). The number of carbonyl (C=O) groups is 2. The number of hydrogen-bond donors (Lipinski definition) is 2. The predicted octanol–water partition coefficient (Wildman–Crippen LogP) is 0.719. The second-order valence-electron chi connectivity index (χ2n) is 2.26. The van der Waals surface area contributed by atoms with E-state index in [0.29, 0.717) is 0 Å². The molecule has 0 radical (unpaired) electrons. The first kappa shape index (κ1) is 17.8. The topological polar surface area (TPSA) is 52.6 Å². The third-order valence-electron chi connectivity index (χ3n) is 0.868. The molecular formula is C8H16O4S2Sn+2. The van der Waals surface area contributed by atoms with Gasteiger partial charge in [-0.15, -0.1) is 0 Å². The van der Waals surface area contributed by atoms with E-state index in [1.807, 2.05) is 0 Å². The van der Waals surface area contributed by atoms with Crippen molar-refractivity contribution in [2.45, 2.75) is 9.88 Å². The summed E-state index contributed by atoms with van der Waals surface area (Å²) in [5, 5.41) is 0. The van der Waals surface area contributed by atoms with Crippen LogP contribution in [0.4, 0.5) is 0 Å². The van der Waals surface area contributed by atoms with Gasteiger partial charge < -0.3 is 9.47 Å². The molecule has 0 aliphatic carbocycles. The van der Waals surface area contributed by atoms with Crippen LogP contribution in [0.2, 0.25) is 9.88 Å². The van der Waals surface area contributed by atoms with Gasteiger partial charge in [0.2, 0.25) is 0 Å². The maximum absolute atomic E-state index is 10.5. The Kier molecular flexibility index (Phi) is 17.2. The minimum absolute atomic E-state index is 0.0283. The molecule has 7 heteroatoms. The number of rotatable bonds is 5. The summed E-state index contributed by atoms with van der Waals surface area (Å²) in [7, 11) is 0. The van der Waals surface area contributed by atoms with Crippen LogP contribution in [0.15, 0.2) is 0 Å². The first-order valence-electron chi connectivity index (χ1n) is 4.23. The van der Waals surface area contributed by atoms with Gasteiger partial charge in [0.25, 0.3) is 0 Å². The molecule has 0 aromatic heterocycles. The first-order valence-corrected chi connectivity index (χ1v) is 11.2. The zero-order valence-electron chi connectivity index (χ0n) is 8.86. The number of esters is 2.